The topological polar surface area (TPSA) is 23.6 Å². The quantitative estimate of drug-likeness (QED) is 0.723. The normalized spacial score (nSPS) is 27.9. The van der Waals surface area contributed by atoms with Gasteiger partial charge in [-0.25, -0.2) is 0 Å². The third kappa shape index (κ3) is 2.94. The van der Waals surface area contributed by atoms with Crippen molar-refractivity contribution in [3.8, 4) is 0 Å². The zero-order valence-electron chi connectivity index (χ0n) is 9.12. The lowest BCUT2D eigenvalue weighted by Crippen LogP contribution is -2.34. The van der Waals surface area contributed by atoms with E-state index in [1.165, 1.54) is 25.9 Å². The lowest BCUT2D eigenvalue weighted by molar-refractivity contribution is -0.127. The molecule has 0 aromatic heterocycles. The maximum Gasteiger partial charge on any atom is 0.222 e. The molecule has 0 aliphatic carbocycles. The van der Waals surface area contributed by atoms with Crippen LogP contribution in [0.15, 0.2) is 0 Å². The molecule has 2 saturated heterocycles. The smallest absolute Gasteiger partial charge is 0.222 e. The number of hydrogen-bond acceptors (Lipinski definition) is 2. The lowest BCUT2D eigenvalue weighted by atomic mass is 10.2. The zero-order chi connectivity index (χ0) is 10.7. The van der Waals surface area contributed by atoms with Gasteiger partial charge in [0.2, 0.25) is 5.91 Å². The van der Waals surface area contributed by atoms with Crippen LogP contribution in [0.25, 0.3) is 0 Å². The second-order valence-electron chi connectivity index (χ2n) is 4.61. The molecule has 2 aliphatic rings. The van der Waals surface area contributed by atoms with Crippen LogP contribution >= 0.6 is 15.9 Å². The van der Waals surface area contributed by atoms with E-state index < -0.39 is 0 Å². The number of hydrogen-bond donors (Lipinski definition) is 0. The fraction of sp³-hybridized carbons (Fsp3) is 0.909. The number of alkyl halides is 1. The van der Waals surface area contributed by atoms with Crippen molar-refractivity contribution in [2.45, 2.75) is 19.3 Å². The van der Waals surface area contributed by atoms with Crippen molar-refractivity contribution in [2.24, 2.45) is 5.92 Å². The second kappa shape index (κ2) is 5.30. The summed E-state index contributed by atoms with van der Waals surface area (Å²) < 4.78 is 0. The van der Waals surface area contributed by atoms with Crippen molar-refractivity contribution in [1.29, 1.82) is 0 Å². The van der Waals surface area contributed by atoms with Crippen LogP contribution in [-0.4, -0.2) is 53.8 Å². The third-order valence-corrected chi connectivity index (χ3v) is 4.31. The Hall–Kier alpha value is -0.0900. The molecule has 2 aliphatic heterocycles. The van der Waals surface area contributed by atoms with E-state index in [4.69, 9.17) is 0 Å². The Labute approximate surface area is 99.9 Å². The Kier molecular flexibility index (Phi) is 4.03. The number of likely N-dealkylation sites (tertiary alicyclic amines) is 2. The molecule has 0 aromatic rings. The minimum atomic E-state index is 0.346. The van der Waals surface area contributed by atoms with Gasteiger partial charge < -0.3 is 9.80 Å². The Morgan fingerprint density at radius 3 is 2.60 bits per heavy atom. The maximum absolute atomic E-state index is 11.6. The monoisotopic (exact) mass is 274 g/mol. The van der Waals surface area contributed by atoms with Crippen LogP contribution in [0.5, 0.6) is 0 Å². The highest BCUT2D eigenvalue weighted by Crippen LogP contribution is 2.19. The first-order valence-electron chi connectivity index (χ1n) is 5.85. The van der Waals surface area contributed by atoms with Crippen molar-refractivity contribution in [1.82, 2.24) is 9.80 Å². The average molecular weight is 275 g/mol. The Bertz CT molecular complexity index is 229. The number of amides is 1. The molecule has 2 heterocycles. The van der Waals surface area contributed by atoms with Crippen LogP contribution < -0.4 is 0 Å². The van der Waals surface area contributed by atoms with Gasteiger partial charge in [0, 0.05) is 31.4 Å². The summed E-state index contributed by atoms with van der Waals surface area (Å²) in [5.74, 6) is 0.884. The summed E-state index contributed by atoms with van der Waals surface area (Å²) in [7, 11) is 0. The summed E-state index contributed by atoms with van der Waals surface area (Å²) in [5, 5.41) is 0.957. The highest BCUT2D eigenvalue weighted by atomic mass is 79.9. The number of carbonyl (C=O) groups is 1. The molecule has 3 nitrogen and oxygen atoms in total. The molecule has 2 rings (SSSR count). The lowest BCUT2D eigenvalue weighted by Gasteiger charge is -2.21. The SMILES string of the molecule is O=C1CC(CBr)CN1CCN1CCCC1. The van der Waals surface area contributed by atoms with E-state index in [0.29, 0.717) is 11.8 Å². The van der Waals surface area contributed by atoms with Gasteiger partial charge in [-0.2, -0.15) is 0 Å². The Balaban J connectivity index is 1.72. The van der Waals surface area contributed by atoms with Gasteiger partial charge in [-0.3, -0.25) is 4.79 Å². The van der Waals surface area contributed by atoms with Crippen LogP contribution in [0, 0.1) is 5.92 Å². The molecule has 0 radical (unpaired) electrons. The second-order valence-corrected chi connectivity index (χ2v) is 5.26. The van der Waals surface area contributed by atoms with Crippen LogP contribution in [0.2, 0.25) is 0 Å². The molecular formula is C11H19BrN2O. The summed E-state index contributed by atoms with van der Waals surface area (Å²) in [6, 6.07) is 0. The van der Waals surface area contributed by atoms with Gasteiger partial charge in [-0.15, -0.1) is 0 Å². The first-order valence-corrected chi connectivity index (χ1v) is 6.98. The van der Waals surface area contributed by atoms with Crippen molar-refractivity contribution in [3.05, 3.63) is 0 Å². The number of carbonyl (C=O) groups excluding carboxylic acids is 1. The zero-order valence-corrected chi connectivity index (χ0v) is 10.7. The van der Waals surface area contributed by atoms with Crippen molar-refractivity contribution in [2.75, 3.05) is 38.1 Å². The molecular weight excluding hydrogens is 256 g/mol. The van der Waals surface area contributed by atoms with Crippen LogP contribution in [0.3, 0.4) is 0 Å². The van der Waals surface area contributed by atoms with E-state index in [9.17, 15) is 4.79 Å². The molecule has 15 heavy (non-hydrogen) atoms. The van der Waals surface area contributed by atoms with Crippen molar-refractivity contribution < 1.29 is 4.79 Å². The fourth-order valence-electron chi connectivity index (χ4n) is 2.44. The van der Waals surface area contributed by atoms with Gasteiger partial charge >= 0.3 is 0 Å². The summed E-state index contributed by atoms with van der Waals surface area (Å²) >= 11 is 3.46. The van der Waals surface area contributed by atoms with Gasteiger partial charge in [0.15, 0.2) is 0 Å². The minimum Gasteiger partial charge on any atom is -0.341 e. The number of halogens is 1. The molecule has 1 amide bonds. The molecule has 1 unspecified atom stereocenters. The molecule has 2 fully saturated rings. The summed E-state index contributed by atoms with van der Waals surface area (Å²) in [6.45, 7) is 5.41. The van der Waals surface area contributed by atoms with Crippen LogP contribution in [-0.2, 0) is 4.79 Å². The summed E-state index contributed by atoms with van der Waals surface area (Å²) in [6.07, 6.45) is 3.40. The van der Waals surface area contributed by atoms with E-state index in [1.807, 2.05) is 4.90 Å². The number of nitrogens with zero attached hydrogens (tertiary/aromatic N) is 2. The maximum atomic E-state index is 11.6. The molecule has 0 N–H and O–H groups in total. The largest absolute Gasteiger partial charge is 0.341 e. The van der Waals surface area contributed by atoms with E-state index in [2.05, 4.69) is 20.8 Å². The molecule has 4 heteroatoms. The van der Waals surface area contributed by atoms with Crippen molar-refractivity contribution in [3.63, 3.8) is 0 Å². The average Bonchev–Trinajstić information content (AvgIpc) is 2.84. The molecule has 0 spiro atoms. The van der Waals surface area contributed by atoms with Crippen molar-refractivity contribution >= 4 is 21.8 Å². The standard InChI is InChI=1S/C11H19BrN2O/c12-8-10-7-11(15)14(9-10)6-5-13-3-1-2-4-13/h10H,1-9H2. The van der Waals surface area contributed by atoms with E-state index in [1.54, 1.807) is 0 Å². The predicted molar refractivity (Wildman–Crippen MR) is 64.2 cm³/mol. The summed E-state index contributed by atoms with van der Waals surface area (Å²) in [5.41, 5.74) is 0. The molecule has 0 aromatic carbocycles. The van der Waals surface area contributed by atoms with Crippen LogP contribution in [0.1, 0.15) is 19.3 Å². The summed E-state index contributed by atoms with van der Waals surface area (Å²) in [4.78, 5) is 16.1. The van der Waals surface area contributed by atoms with Gasteiger partial charge in [-0.05, 0) is 31.8 Å². The van der Waals surface area contributed by atoms with Crippen LogP contribution in [0.4, 0.5) is 0 Å². The fourth-order valence-corrected chi connectivity index (χ4v) is 2.88. The third-order valence-electron chi connectivity index (χ3n) is 3.40. The highest BCUT2D eigenvalue weighted by Gasteiger charge is 2.28. The van der Waals surface area contributed by atoms with E-state index >= 15 is 0 Å². The molecule has 0 bridgehead atoms. The highest BCUT2D eigenvalue weighted by molar-refractivity contribution is 9.09. The first kappa shape index (κ1) is 11.4. The predicted octanol–water partition coefficient (Wildman–Crippen LogP) is 1.33. The van der Waals surface area contributed by atoms with Gasteiger partial charge in [0.25, 0.3) is 0 Å². The molecule has 0 saturated carbocycles. The molecule has 86 valence electrons. The first-order chi connectivity index (χ1) is 7.29. The molecule has 1 atom stereocenters. The number of rotatable bonds is 4. The van der Waals surface area contributed by atoms with Gasteiger partial charge in [0.05, 0.1) is 0 Å². The van der Waals surface area contributed by atoms with Gasteiger partial charge in [-0.1, -0.05) is 15.9 Å². The van der Waals surface area contributed by atoms with E-state index in [-0.39, 0.29) is 0 Å². The Morgan fingerprint density at radius 1 is 1.27 bits per heavy atom. The van der Waals surface area contributed by atoms with Gasteiger partial charge in [0.1, 0.15) is 0 Å². The Morgan fingerprint density at radius 2 is 2.00 bits per heavy atom. The van der Waals surface area contributed by atoms with E-state index in [0.717, 1.165) is 31.4 Å². The minimum absolute atomic E-state index is 0.346.